The molecular weight excluding hydrogens is 402 g/mol. The van der Waals surface area contributed by atoms with Crippen LogP contribution in [0.5, 0.6) is 5.75 Å². The average Bonchev–Trinajstić information content (AvgIpc) is 2.81. The van der Waals surface area contributed by atoms with Gasteiger partial charge in [0.05, 0.1) is 0 Å². The fourth-order valence-electron chi connectivity index (χ4n) is 3.81. The van der Waals surface area contributed by atoms with Crippen molar-refractivity contribution in [1.82, 2.24) is 5.32 Å². The molecule has 0 radical (unpaired) electrons. The topological polar surface area (TPSA) is 21.3 Å². The van der Waals surface area contributed by atoms with Crippen LogP contribution in [0.3, 0.4) is 0 Å². The second-order valence-electron chi connectivity index (χ2n) is 7.95. The highest BCUT2D eigenvalue weighted by atomic mass is 35.5. The fraction of sp³-hybridized carbons (Fsp3) is 0.214. The van der Waals surface area contributed by atoms with Gasteiger partial charge in [0.1, 0.15) is 12.4 Å². The van der Waals surface area contributed by atoms with E-state index in [9.17, 15) is 0 Å². The Morgan fingerprint density at radius 1 is 0.839 bits per heavy atom. The van der Waals surface area contributed by atoms with Crippen molar-refractivity contribution in [3.63, 3.8) is 0 Å². The van der Waals surface area contributed by atoms with Crippen LogP contribution in [-0.2, 0) is 19.6 Å². The zero-order valence-electron chi connectivity index (χ0n) is 17.9. The molecule has 0 aliphatic rings. The second-order valence-corrected chi connectivity index (χ2v) is 8.36. The Bertz CT molecular complexity index is 1130. The molecule has 0 heterocycles. The Balaban J connectivity index is 1.48. The molecule has 2 nitrogen and oxygen atoms in total. The Labute approximate surface area is 189 Å². The van der Waals surface area contributed by atoms with E-state index in [-0.39, 0.29) is 0 Å². The summed E-state index contributed by atoms with van der Waals surface area (Å²) in [5, 5.41) is 6.89. The predicted molar refractivity (Wildman–Crippen MR) is 131 cm³/mol. The van der Waals surface area contributed by atoms with E-state index < -0.39 is 0 Å². The maximum Gasteiger partial charge on any atom is 0.124 e. The molecule has 0 unspecified atom stereocenters. The normalized spacial score (nSPS) is 12.1. The standard InChI is InChI=1S/C28H28ClNO/c1-21(15-16-22-9-3-2-4-10-22)30-19-26-25-13-7-5-11-23(25)17-18-28(26)31-20-24-12-6-8-14-27(24)29/h2-14,17-18,21,30H,15-16,19-20H2,1H3/t21-/m1/s1. The molecule has 0 aliphatic heterocycles. The molecule has 4 aromatic carbocycles. The number of halogens is 1. The van der Waals surface area contributed by atoms with Gasteiger partial charge in [-0.3, -0.25) is 0 Å². The van der Waals surface area contributed by atoms with Crippen molar-refractivity contribution in [2.24, 2.45) is 0 Å². The van der Waals surface area contributed by atoms with Crippen molar-refractivity contribution in [1.29, 1.82) is 0 Å². The summed E-state index contributed by atoms with van der Waals surface area (Å²) >= 11 is 6.32. The summed E-state index contributed by atoms with van der Waals surface area (Å²) in [5.74, 6) is 0.904. The molecule has 0 spiro atoms. The molecule has 1 atom stereocenters. The van der Waals surface area contributed by atoms with Crippen LogP contribution in [0, 0.1) is 0 Å². The van der Waals surface area contributed by atoms with E-state index in [0.717, 1.165) is 35.7 Å². The summed E-state index contributed by atoms with van der Waals surface area (Å²) in [5.41, 5.74) is 3.56. The third kappa shape index (κ3) is 5.66. The molecule has 158 valence electrons. The number of hydrogen-bond acceptors (Lipinski definition) is 2. The van der Waals surface area contributed by atoms with Crippen LogP contribution in [0.1, 0.15) is 30.0 Å². The monoisotopic (exact) mass is 429 g/mol. The van der Waals surface area contributed by atoms with E-state index in [0.29, 0.717) is 12.6 Å². The lowest BCUT2D eigenvalue weighted by molar-refractivity contribution is 0.302. The highest BCUT2D eigenvalue weighted by molar-refractivity contribution is 6.31. The number of hydrogen-bond donors (Lipinski definition) is 1. The van der Waals surface area contributed by atoms with Gasteiger partial charge < -0.3 is 10.1 Å². The summed E-state index contributed by atoms with van der Waals surface area (Å²) in [6, 6.07) is 31.6. The first-order valence-electron chi connectivity index (χ1n) is 10.8. The maximum atomic E-state index is 6.32. The van der Waals surface area contributed by atoms with Crippen LogP contribution in [-0.4, -0.2) is 6.04 Å². The number of rotatable bonds is 9. The van der Waals surface area contributed by atoms with Crippen molar-refractivity contribution in [3.05, 3.63) is 113 Å². The highest BCUT2D eigenvalue weighted by Crippen LogP contribution is 2.29. The van der Waals surface area contributed by atoms with Gasteiger partial charge >= 0.3 is 0 Å². The minimum Gasteiger partial charge on any atom is -0.488 e. The third-order valence-corrected chi connectivity index (χ3v) is 6.04. The predicted octanol–water partition coefficient (Wildman–Crippen LogP) is 7.18. The first kappa shape index (κ1) is 21.4. The smallest absolute Gasteiger partial charge is 0.124 e. The summed E-state index contributed by atoms with van der Waals surface area (Å²) in [7, 11) is 0. The van der Waals surface area contributed by atoms with Crippen molar-refractivity contribution in [2.45, 2.75) is 39.0 Å². The van der Waals surface area contributed by atoms with E-state index in [1.165, 1.54) is 21.9 Å². The lowest BCUT2D eigenvalue weighted by Crippen LogP contribution is -2.26. The summed E-state index contributed by atoms with van der Waals surface area (Å²) in [4.78, 5) is 0. The first-order chi connectivity index (χ1) is 15.2. The Kier molecular flexibility index (Phi) is 7.24. The van der Waals surface area contributed by atoms with Gasteiger partial charge in [-0.15, -0.1) is 0 Å². The second kappa shape index (κ2) is 10.5. The molecule has 1 N–H and O–H groups in total. The van der Waals surface area contributed by atoms with Gasteiger partial charge in [-0.25, -0.2) is 0 Å². The van der Waals surface area contributed by atoms with Gasteiger partial charge in [-0.05, 0) is 48.2 Å². The minimum absolute atomic E-state index is 0.399. The van der Waals surface area contributed by atoms with Gasteiger partial charge in [-0.1, -0.05) is 90.5 Å². The van der Waals surface area contributed by atoms with Gasteiger partial charge in [0, 0.05) is 28.7 Å². The number of fused-ring (bicyclic) bond motifs is 1. The SMILES string of the molecule is C[C@H](CCc1ccccc1)NCc1c(OCc2ccccc2Cl)ccc2ccccc12. The maximum absolute atomic E-state index is 6.32. The van der Waals surface area contributed by atoms with E-state index in [2.05, 4.69) is 79.0 Å². The van der Waals surface area contributed by atoms with E-state index in [4.69, 9.17) is 16.3 Å². The highest BCUT2D eigenvalue weighted by Gasteiger charge is 2.12. The fourth-order valence-corrected chi connectivity index (χ4v) is 4.00. The lowest BCUT2D eigenvalue weighted by atomic mass is 10.0. The number of ether oxygens (including phenoxy) is 1. The number of aryl methyl sites for hydroxylation is 1. The number of nitrogens with one attached hydrogen (secondary N) is 1. The minimum atomic E-state index is 0.399. The Morgan fingerprint density at radius 3 is 2.42 bits per heavy atom. The molecule has 0 amide bonds. The van der Waals surface area contributed by atoms with Crippen LogP contribution in [0.2, 0.25) is 5.02 Å². The molecule has 0 fully saturated rings. The van der Waals surface area contributed by atoms with E-state index in [1.807, 2.05) is 24.3 Å². The van der Waals surface area contributed by atoms with Crippen LogP contribution in [0.25, 0.3) is 10.8 Å². The van der Waals surface area contributed by atoms with E-state index >= 15 is 0 Å². The van der Waals surface area contributed by atoms with Gasteiger partial charge in [0.15, 0.2) is 0 Å². The van der Waals surface area contributed by atoms with E-state index in [1.54, 1.807) is 0 Å². The zero-order valence-corrected chi connectivity index (χ0v) is 18.6. The molecule has 0 aliphatic carbocycles. The molecular formula is C28H28ClNO. The summed E-state index contributed by atoms with van der Waals surface area (Å²) in [6.07, 6.45) is 2.16. The number of benzene rings is 4. The average molecular weight is 430 g/mol. The Hall–Kier alpha value is -2.81. The van der Waals surface area contributed by atoms with Gasteiger partial charge in [0.25, 0.3) is 0 Å². The van der Waals surface area contributed by atoms with Crippen molar-refractivity contribution < 1.29 is 4.74 Å². The molecule has 0 bridgehead atoms. The van der Waals surface area contributed by atoms with Gasteiger partial charge in [0.2, 0.25) is 0 Å². The third-order valence-electron chi connectivity index (χ3n) is 5.67. The van der Waals surface area contributed by atoms with Crippen molar-refractivity contribution >= 4 is 22.4 Å². The first-order valence-corrected chi connectivity index (χ1v) is 11.2. The lowest BCUT2D eigenvalue weighted by Gasteiger charge is -2.18. The quantitative estimate of drug-likeness (QED) is 0.304. The van der Waals surface area contributed by atoms with Crippen molar-refractivity contribution in [2.75, 3.05) is 0 Å². The molecule has 4 aromatic rings. The van der Waals surface area contributed by atoms with Crippen LogP contribution in [0.15, 0.2) is 91.0 Å². The molecule has 3 heteroatoms. The van der Waals surface area contributed by atoms with Crippen molar-refractivity contribution in [3.8, 4) is 5.75 Å². The van der Waals surface area contributed by atoms with Crippen LogP contribution >= 0.6 is 11.6 Å². The molecule has 0 saturated carbocycles. The molecule has 4 rings (SSSR count). The zero-order chi connectivity index (χ0) is 21.5. The largest absolute Gasteiger partial charge is 0.488 e. The molecule has 0 aromatic heterocycles. The summed E-state index contributed by atoms with van der Waals surface area (Å²) in [6.45, 7) is 3.46. The molecule has 31 heavy (non-hydrogen) atoms. The van der Waals surface area contributed by atoms with Crippen LogP contribution < -0.4 is 10.1 Å². The molecule has 0 saturated heterocycles. The van der Waals surface area contributed by atoms with Crippen LogP contribution in [0.4, 0.5) is 0 Å². The Morgan fingerprint density at radius 2 is 1.58 bits per heavy atom. The summed E-state index contributed by atoms with van der Waals surface area (Å²) < 4.78 is 6.25. The van der Waals surface area contributed by atoms with Gasteiger partial charge in [-0.2, -0.15) is 0 Å².